The summed E-state index contributed by atoms with van der Waals surface area (Å²) in [6.07, 6.45) is 3.64. The molecule has 0 unspecified atom stereocenters. The maximum Gasteiger partial charge on any atom is 0.259 e. The second-order valence-electron chi connectivity index (χ2n) is 7.12. The van der Waals surface area contributed by atoms with Crippen molar-refractivity contribution in [2.45, 2.75) is 6.54 Å². The lowest BCUT2D eigenvalue weighted by molar-refractivity contribution is -0.119. The molecule has 0 fully saturated rings. The normalized spacial score (nSPS) is 11.2. The molecule has 0 saturated carbocycles. The number of para-hydroxylation sites is 1. The molecule has 0 aliphatic rings. The van der Waals surface area contributed by atoms with Gasteiger partial charge >= 0.3 is 0 Å². The van der Waals surface area contributed by atoms with E-state index in [2.05, 4.69) is 36.3 Å². The summed E-state index contributed by atoms with van der Waals surface area (Å²) in [6.45, 7) is 0.712. The minimum absolute atomic E-state index is 0.121. The van der Waals surface area contributed by atoms with Gasteiger partial charge in [0.05, 0.1) is 12.8 Å². The number of hydrazone groups is 1. The summed E-state index contributed by atoms with van der Waals surface area (Å²) in [5, 5.41) is 9.45. The lowest BCUT2D eigenvalue weighted by Gasteiger charge is -2.08. The Morgan fingerprint density at radius 2 is 1.84 bits per heavy atom. The van der Waals surface area contributed by atoms with Crippen molar-refractivity contribution in [3.05, 3.63) is 98.6 Å². The van der Waals surface area contributed by atoms with E-state index in [-0.39, 0.29) is 12.5 Å². The number of halogens is 3. The number of carbonyl (C=O) groups is 1. The molecule has 0 atom stereocenters. The highest BCUT2D eigenvalue weighted by molar-refractivity contribution is 9.10. The maximum absolute atomic E-state index is 12.1. The molecule has 32 heavy (non-hydrogen) atoms. The van der Waals surface area contributed by atoms with Crippen molar-refractivity contribution in [2.75, 3.05) is 11.9 Å². The molecule has 2 N–H and O–H groups in total. The maximum atomic E-state index is 12.1. The number of nitrogens with zero attached hydrogens (tertiary/aromatic N) is 2. The van der Waals surface area contributed by atoms with Crippen LogP contribution in [-0.2, 0) is 11.3 Å². The first-order valence-corrected chi connectivity index (χ1v) is 11.4. The van der Waals surface area contributed by atoms with Crippen LogP contribution in [-0.4, -0.2) is 23.2 Å². The topological polar surface area (TPSA) is 58.4 Å². The van der Waals surface area contributed by atoms with E-state index in [1.807, 2.05) is 66.9 Å². The molecule has 0 aliphatic heterocycles. The Balaban J connectivity index is 1.45. The summed E-state index contributed by atoms with van der Waals surface area (Å²) in [5.74, 6) is -0.235. The largest absolute Gasteiger partial charge is 0.376 e. The minimum Gasteiger partial charge on any atom is -0.376 e. The molecule has 1 aromatic heterocycles. The molecule has 1 heterocycles. The number of nitrogens with one attached hydrogen (secondary N) is 2. The van der Waals surface area contributed by atoms with Gasteiger partial charge in [0, 0.05) is 49.4 Å². The first-order chi connectivity index (χ1) is 15.5. The van der Waals surface area contributed by atoms with E-state index in [0.29, 0.717) is 16.6 Å². The quantitative estimate of drug-likeness (QED) is 0.217. The summed E-state index contributed by atoms with van der Waals surface area (Å²) in [4.78, 5) is 12.1. The molecule has 162 valence electrons. The minimum atomic E-state index is -0.235. The van der Waals surface area contributed by atoms with Crippen molar-refractivity contribution in [3.63, 3.8) is 0 Å². The zero-order valence-corrected chi connectivity index (χ0v) is 20.0. The third-order valence-corrected chi connectivity index (χ3v) is 5.98. The van der Waals surface area contributed by atoms with Crippen LogP contribution in [0, 0.1) is 0 Å². The van der Waals surface area contributed by atoms with E-state index in [9.17, 15) is 4.79 Å². The van der Waals surface area contributed by atoms with Crippen LogP contribution in [0.2, 0.25) is 10.0 Å². The van der Waals surface area contributed by atoms with E-state index < -0.39 is 0 Å². The van der Waals surface area contributed by atoms with Gasteiger partial charge in [-0.05, 0) is 48.0 Å². The first kappa shape index (κ1) is 22.4. The lowest BCUT2D eigenvalue weighted by Crippen LogP contribution is -2.25. The van der Waals surface area contributed by atoms with Crippen molar-refractivity contribution < 1.29 is 4.79 Å². The van der Waals surface area contributed by atoms with Crippen LogP contribution >= 0.6 is 39.1 Å². The number of aromatic nitrogens is 1. The molecule has 4 aromatic rings. The smallest absolute Gasteiger partial charge is 0.259 e. The van der Waals surface area contributed by atoms with Crippen LogP contribution in [0.25, 0.3) is 10.9 Å². The molecule has 0 spiro atoms. The Hall–Kier alpha value is -2.80. The Labute approximate surface area is 204 Å². The van der Waals surface area contributed by atoms with Crippen LogP contribution < -0.4 is 10.7 Å². The average Bonchev–Trinajstić information content (AvgIpc) is 3.13. The Morgan fingerprint density at radius 3 is 2.62 bits per heavy atom. The molecule has 4 rings (SSSR count). The molecule has 0 aliphatic carbocycles. The van der Waals surface area contributed by atoms with Gasteiger partial charge in [-0.1, -0.05) is 63.4 Å². The Kier molecular flexibility index (Phi) is 7.15. The van der Waals surface area contributed by atoms with Gasteiger partial charge in [0.1, 0.15) is 0 Å². The van der Waals surface area contributed by atoms with Gasteiger partial charge in [0.25, 0.3) is 5.91 Å². The van der Waals surface area contributed by atoms with Gasteiger partial charge in [0.2, 0.25) is 0 Å². The molecule has 5 nitrogen and oxygen atoms in total. The molecule has 1 amide bonds. The molecule has 3 aromatic carbocycles. The third kappa shape index (κ3) is 5.51. The van der Waals surface area contributed by atoms with Crippen molar-refractivity contribution in [2.24, 2.45) is 5.10 Å². The van der Waals surface area contributed by atoms with Crippen molar-refractivity contribution in [1.82, 2.24) is 9.99 Å². The van der Waals surface area contributed by atoms with Crippen molar-refractivity contribution in [1.29, 1.82) is 0 Å². The summed E-state index contributed by atoms with van der Waals surface area (Å²) in [7, 11) is 0. The fraction of sp³-hybridized carbons (Fsp3) is 0.0833. The van der Waals surface area contributed by atoms with Gasteiger partial charge in [0.15, 0.2) is 0 Å². The summed E-state index contributed by atoms with van der Waals surface area (Å²) >= 11 is 15.8. The van der Waals surface area contributed by atoms with E-state index in [0.717, 1.165) is 32.2 Å². The van der Waals surface area contributed by atoms with E-state index in [1.165, 1.54) is 0 Å². The molecule has 0 bridgehead atoms. The second kappa shape index (κ2) is 10.2. The zero-order valence-electron chi connectivity index (χ0n) is 16.9. The monoisotopic (exact) mass is 528 g/mol. The van der Waals surface area contributed by atoms with E-state index in [1.54, 1.807) is 12.3 Å². The zero-order chi connectivity index (χ0) is 22.5. The first-order valence-electron chi connectivity index (χ1n) is 9.83. The van der Waals surface area contributed by atoms with Gasteiger partial charge < -0.3 is 9.88 Å². The van der Waals surface area contributed by atoms with Crippen molar-refractivity contribution in [3.8, 4) is 0 Å². The number of benzene rings is 3. The highest BCUT2D eigenvalue weighted by Crippen LogP contribution is 2.25. The molecule has 0 radical (unpaired) electrons. The Bertz CT molecular complexity index is 1290. The standard InChI is InChI=1S/C24H19BrCl2N4O/c25-18-6-9-20(10-7-18)28-13-24(32)30-29-12-17-15-31(23-4-2-1-3-21(17)23)14-16-5-8-19(26)11-22(16)27/h1-12,15,28H,13-14H2,(H,30,32)/b29-12-. The fourth-order valence-electron chi connectivity index (χ4n) is 3.31. The number of anilines is 1. The number of amides is 1. The number of hydrogen-bond donors (Lipinski definition) is 2. The van der Waals surface area contributed by atoms with Crippen LogP contribution in [0.15, 0.2) is 82.5 Å². The fourth-order valence-corrected chi connectivity index (χ4v) is 4.04. The van der Waals surface area contributed by atoms with Crippen LogP contribution in [0.1, 0.15) is 11.1 Å². The summed E-state index contributed by atoms with van der Waals surface area (Å²) in [5.41, 5.74) is 6.33. The molecular weight excluding hydrogens is 511 g/mol. The number of fused-ring (bicyclic) bond motifs is 1. The van der Waals surface area contributed by atoms with Gasteiger partial charge in [-0.2, -0.15) is 5.10 Å². The molecule has 8 heteroatoms. The van der Waals surface area contributed by atoms with Gasteiger partial charge in [-0.3, -0.25) is 4.79 Å². The summed E-state index contributed by atoms with van der Waals surface area (Å²) < 4.78 is 3.08. The summed E-state index contributed by atoms with van der Waals surface area (Å²) in [6, 6.07) is 21.1. The highest BCUT2D eigenvalue weighted by Gasteiger charge is 2.09. The third-order valence-electron chi connectivity index (χ3n) is 4.87. The highest BCUT2D eigenvalue weighted by atomic mass is 79.9. The van der Waals surface area contributed by atoms with E-state index in [4.69, 9.17) is 23.2 Å². The lowest BCUT2D eigenvalue weighted by atomic mass is 10.2. The van der Waals surface area contributed by atoms with E-state index >= 15 is 0 Å². The van der Waals surface area contributed by atoms with Crippen LogP contribution in [0.4, 0.5) is 5.69 Å². The predicted molar refractivity (Wildman–Crippen MR) is 136 cm³/mol. The number of hydrogen-bond acceptors (Lipinski definition) is 3. The van der Waals surface area contributed by atoms with Crippen molar-refractivity contribution >= 4 is 67.8 Å². The average molecular weight is 530 g/mol. The Morgan fingerprint density at radius 1 is 1.06 bits per heavy atom. The molecular formula is C24H19BrCl2N4O. The van der Waals surface area contributed by atoms with Gasteiger partial charge in [-0.15, -0.1) is 0 Å². The SMILES string of the molecule is O=C(CNc1ccc(Br)cc1)N/N=C\c1cn(Cc2ccc(Cl)cc2Cl)c2ccccc12. The second-order valence-corrected chi connectivity index (χ2v) is 8.88. The number of carbonyl (C=O) groups excluding carboxylic acids is 1. The van der Waals surface area contributed by atoms with Crippen LogP contribution in [0.3, 0.4) is 0 Å². The van der Waals surface area contributed by atoms with Crippen LogP contribution in [0.5, 0.6) is 0 Å². The molecule has 0 saturated heterocycles. The predicted octanol–water partition coefficient (Wildman–Crippen LogP) is 6.32. The number of rotatable bonds is 7. The van der Waals surface area contributed by atoms with Gasteiger partial charge in [-0.25, -0.2) is 5.43 Å².